The first kappa shape index (κ1) is 22.9. The monoisotopic (exact) mass is 470 g/mol. The van der Waals surface area contributed by atoms with Gasteiger partial charge in [0.25, 0.3) is 0 Å². The van der Waals surface area contributed by atoms with E-state index in [0.29, 0.717) is 16.9 Å². The molecule has 0 bridgehead atoms. The van der Waals surface area contributed by atoms with Crippen LogP contribution in [-0.4, -0.2) is 23.8 Å². The van der Waals surface area contributed by atoms with E-state index >= 15 is 4.39 Å². The van der Waals surface area contributed by atoms with Crippen molar-refractivity contribution in [3.63, 3.8) is 0 Å². The van der Waals surface area contributed by atoms with Crippen LogP contribution in [0, 0.1) is 18.6 Å². The van der Waals surface area contributed by atoms with Crippen LogP contribution in [0.15, 0.2) is 36.5 Å². The number of pyridine rings is 1. The predicted octanol–water partition coefficient (Wildman–Crippen LogP) is 6.37. The standard InChI is InChI=1S/C25H21ClF2N2O3/c1-12(2)23-24(13(3)8-9-29-23)30-19(32)11-17(31)14-10-15(26)20(22(28)25(14)30)21-16(27)6-5-7-18(21)33-4/h5-10,12H,11H2,1-4H3. The first-order valence-corrected chi connectivity index (χ1v) is 10.7. The number of aryl methyl sites for hydroxylation is 1. The molecule has 0 fully saturated rings. The lowest BCUT2D eigenvalue weighted by molar-refractivity contribution is -0.117. The zero-order valence-electron chi connectivity index (χ0n) is 18.5. The van der Waals surface area contributed by atoms with E-state index in [1.54, 1.807) is 19.2 Å². The van der Waals surface area contributed by atoms with Crippen LogP contribution in [0.1, 0.15) is 47.8 Å². The van der Waals surface area contributed by atoms with Crippen molar-refractivity contribution >= 4 is 34.7 Å². The fraction of sp³-hybridized carbons (Fsp3) is 0.240. The number of benzene rings is 2. The third kappa shape index (κ3) is 3.66. The summed E-state index contributed by atoms with van der Waals surface area (Å²) < 4.78 is 36.4. The molecule has 0 spiro atoms. The van der Waals surface area contributed by atoms with E-state index < -0.39 is 29.7 Å². The number of ether oxygens (including phenoxy) is 1. The van der Waals surface area contributed by atoms with Crippen molar-refractivity contribution in [2.75, 3.05) is 12.0 Å². The molecule has 33 heavy (non-hydrogen) atoms. The van der Waals surface area contributed by atoms with Gasteiger partial charge in [0.05, 0.1) is 41.2 Å². The van der Waals surface area contributed by atoms with Crippen LogP contribution in [-0.2, 0) is 4.79 Å². The van der Waals surface area contributed by atoms with Crippen molar-refractivity contribution in [1.82, 2.24) is 4.98 Å². The Bertz CT molecular complexity index is 1310. The number of aromatic nitrogens is 1. The van der Waals surface area contributed by atoms with E-state index in [0.717, 1.165) is 6.07 Å². The van der Waals surface area contributed by atoms with Gasteiger partial charge in [0.2, 0.25) is 5.91 Å². The number of hydrogen-bond acceptors (Lipinski definition) is 4. The topological polar surface area (TPSA) is 59.5 Å². The summed E-state index contributed by atoms with van der Waals surface area (Å²) in [6.45, 7) is 5.58. The molecular formula is C25H21ClF2N2O3. The Morgan fingerprint density at radius 3 is 2.52 bits per heavy atom. The molecule has 1 aromatic heterocycles. The molecule has 0 atom stereocenters. The number of carbonyl (C=O) groups excluding carboxylic acids is 2. The van der Waals surface area contributed by atoms with Crippen molar-refractivity contribution < 1.29 is 23.1 Å². The van der Waals surface area contributed by atoms with Crippen molar-refractivity contribution in [1.29, 1.82) is 0 Å². The molecule has 170 valence electrons. The van der Waals surface area contributed by atoms with Gasteiger partial charge in [0.15, 0.2) is 11.6 Å². The molecule has 2 aromatic carbocycles. The highest BCUT2D eigenvalue weighted by Gasteiger charge is 2.38. The maximum absolute atomic E-state index is 16.3. The number of hydrogen-bond donors (Lipinski definition) is 0. The second-order valence-corrected chi connectivity index (χ2v) is 8.51. The summed E-state index contributed by atoms with van der Waals surface area (Å²) in [4.78, 5) is 31.5. The smallest absolute Gasteiger partial charge is 0.239 e. The minimum atomic E-state index is -0.986. The van der Waals surface area contributed by atoms with Gasteiger partial charge in [-0.25, -0.2) is 8.78 Å². The Morgan fingerprint density at radius 1 is 1.12 bits per heavy atom. The van der Waals surface area contributed by atoms with E-state index in [-0.39, 0.29) is 39.1 Å². The van der Waals surface area contributed by atoms with E-state index in [4.69, 9.17) is 16.3 Å². The van der Waals surface area contributed by atoms with Crippen LogP contribution in [0.2, 0.25) is 5.02 Å². The normalized spacial score (nSPS) is 13.5. The summed E-state index contributed by atoms with van der Waals surface area (Å²) in [5.74, 6) is -2.92. The zero-order valence-corrected chi connectivity index (χ0v) is 19.3. The number of ketones is 1. The van der Waals surface area contributed by atoms with E-state index in [9.17, 15) is 14.0 Å². The van der Waals surface area contributed by atoms with Gasteiger partial charge in [-0.1, -0.05) is 31.5 Å². The average Bonchev–Trinajstić information content (AvgIpc) is 2.76. The van der Waals surface area contributed by atoms with E-state index in [1.807, 2.05) is 13.8 Å². The Morgan fingerprint density at radius 2 is 1.85 bits per heavy atom. The number of methoxy groups -OCH3 is 1. The predicted molar refractivity (Wildman–Crippen MR) is 123 cm³/mol. The lowest BCUT2D eigenvalue weighted by Crippen LogP contribution is -2.36. The molecule has 2 heterocycles. The number of rotatable bonds is 4. The highest BCUT2D eigenvalue weighted by molar-refractivity contribution is 6.35. The van der Waals surface area contributed by atoms with Gasteiger partial charge in [0.1, 0.15) is 11.6 Å². The summed E-state index contributed by atoms with van der Waals surface area (Å²) in [7, 11) is 1.33. The summed E-state index contributed by atoms with van der Waals surface area (Å²) in [5.41, 5.74) is 0.866. The number of anilines is 2. The molecule has 0 radical (unpaired) electrons. The summed E-state index contributed by atoms with van der Waals surface area (Å²) in [5, 5.41) is -0.163. The van der Waals surface area contributed by atoms with Crippen molar-refractivity contribution in [3.8, 4) is 16.9 Å². The van der Waals surface area contributed by atoms with Gasteiger partial charge in [-0.2, -0.15) is 0 Å². The Kier molecular flexibility index (Phi) is 5.93. The second kappa shape index (κ2) is 8.56. The third-order valence-corrected chi connectivity index (χ3v) is 5.95. The maximum Gasteiger partial charge on any atom is 0.239 e. The van der Waals surface area contributed by atoms with Crippen LogP contribution in [0.25, 0.3) is 11.1 Å². The lowest BCUT2D eigenvalue weighted by Gasteiger charge is -2.33. The summed E-state index contributed by atoms with van der Waals surface area (Å²) in [6, 6.07) is 7.05. The van der Waals surface area contributed by atoms with Crippen molar-refractivity contribution in [3.05, 3.63) is 70.0 Å². The minimum absolute atomic E-state index is 0.0471. The molecule has 0 unspecified atom stereocenters. The molecule has 4 rings (SSSR count). The Labute approximate surface area is 195 Å². The van der Waals surface area contributed by atoms with Gasteiger partial charge in [-0.3, -0.25) is 19.5 Å². The van der Waals surface area contributed by atoms with Crippen LogP contribution in [0.5, 0.6) is 5.75 Å². The first-order chi connectivity index (χ1) is 15.7. The van der Waals surface area contributed by atoms with Gasteiger partial charge in [-0.05, 0) is 42.7 Å². The van der Waals surface area contributed by atoms with Gasteiger partial charge >= 0.3 is 0 Å². The molecule has 1 amide bonds. The molecule has 0 aliphatic carbocycles. The summed E-state index contributed by atoms with van der Waals surface area (Å²) in [6.07, 6.45) is 1.17. The lowest BCUT2D eigenvalue weighted by atomic mass is 9.92. The number of carbonyl (C=O) groups is 2. The summed E-state index contributed by atoms with van der Waals surface area (Å²) >= 11 is 6.38. The number of Topliss-reactive ketones (excluding diaryl/α,β-unsaturated/α-hetero) is 1. The molecule has 1 aliphatic heterocycles. The number of nitrogens with zero attached hydrogens (tertiary/aromatic N) is 2. The van der Waals surface area contributed by atoms with Crippen LogP contribution < -0.4 is 9.64 Å². The molecule has 3 aromatic rings. The number of fused-ring (bicyclic) bond motifs is 1. The number of amides is 1. The van der Waals surface area contributed by atoms with Crippen LogP contribution in [0.4, 0.5) is 20.2 Å². The minimum Gasteiger partial charge on any atom is -0.496 e. The molecule has 0 saturated carbocycles. The van der Waals surface area contributed by atoms with Gasteiger partial charge < -0.3 is 4.74 Å². The van der Waals surface area contributed by atoms with Crippen molar-refractivity contribution in [2.24, 2.45) is 0 Å². The van der Waals surface area contributed by atoms with E-state index in [1.165, 1.54) is 30.2 Å². The molecule has 0 N–H and O–H groups in total. The second-order valence-electron chi connectivity index (χ2n) is 8.11. The molecule has 1 aliphatic rings. The van der Waals surface area contributed by atoms with Crippen LogP contribution >= 0.6 is 11.6 Å². The van der Waals surface area contributed by atoms with E-state index in [2.05, 4.69) is 4.98 Å². The average molecular weight is 471 g/mol. The third-order valence-electron chi connectivity index (χ3n) is 5.65. The highest BCUT2D eigenvalue weighted by atomic mass is 35.5. The fourth-order valence-corrected chi connectivity index (χ4v) is 4.43. The Balaban J connectivity index is 2.10. The molecule has 8 heteroatoms. The molecular weight excluding hydrogens is 450 g/mol. The van der Waals surface area contributed by atoms with Crippen LogP contribution in [0.3, 0.4) is 0 Å². The SMILES string of the molecule is COc1cccc(F)c1-c1c(Cl)cc2c(c1F)N(c1c(C)ccnc1C(C)C)C(=O)CC2=O. The van der Waals surface area contributed by atoms with Gasteiger partial charge in [0, 0.05) is 17.3 Å². The molecule has 0 saturated heterocycles. The molecule has 5 nitrogen and oxygen atoms in total. The van der Waals surface area contributed by atoms with Crippen molar-refractivity contribution in [2.45, 2.75) is 33.1 Å². The largest absolute Gasteiger partial charge is 0.496 e. The maximum atomic E-state index is 16.3. The van der Waals surface area contributed by atoms with Gasteiger partial charge in [-0.15, -0.1) is 0 Å². The Hall–Kier alpha value is -3.32. The quantitative estimate of drug-likeness (QED) is 0.415. The zero-order chi connectivity index (χ0) is 24.0. The fourth-order valence-electron chi connectivity index (χ4n) is 4.14. The number of halogens is 3. The highest BCUT2D eigenvalue weighted by Crippen LogP contribution is 2.47. The first-order valence-electron chi connectivity index (χ1n) is 10.3.